The maximum Gasteiger partial charge on any atom is 0.263 e. The maximum atomic E-state index is 11.1. The maximum absolute atomic E-state index is 11.1. The van der Waals surface area contributed by atoms with Crippen LogP contribution in [0.25, 0.3) is 0 Å². The molecule has 0 saturated carbocycles. The van der Waals surface area contributed by atoms with E-state index in [0.29, 0.717) is 23.3 Å². The third kappa shape index (κ3) is 1.99. The molecule has 7 nitrogen and oxygen atoms in total. The lowest BCUT2D eigenvalue weighted by atomic mass is 10.3. The van der Waals surface area contributed by atoms with Crippen molar-refractivity contribution in [3.05, 3.63) is 12.1 Å². The van der Waals surface area contributed by atoms with Crippen LogP contribution in [0.3, 0.4) is 0 Å². The number of pyridine rings is 1. The van der Waals surface area contributed by atoms with E-state index in [0.717, 1.165) is 13.1 Å². The number of nitrogens with one attached hydrogen (secondary N) is 3. The molecule has 0 fully saturated rings. The fourth-order valence-electron chi connectivity index (χ4n) is 1.64. The third-order valence-electron chi connectivity index (χ3n) is 2.40. The molecule has 0 aliphatic carbocycles. The van der Waals surface area contributed by atoms with Crippen LogP contribution < -0.4 is 20.7 Å². The highest BCUT2D eigenvalue weighted by Crippen LogP contribution is 2.26. The number of guanidine groups is 1. The topological polar surface area (TPSA) is 87.6 Å². The highest BCUT2D eigenvalue weighted by molar-refractivity contribution is 5.96. The smallest absolute Gasteiger partial charge is 0.263 e. The SMILES string of the molecule is O=C1COc2ccc(NC3=NCCN3)nc2N1. The van der Waals surface area contributed by atoms with Crippen molar-refractivity contribution < 1.29 is 9.53 Å². The van der Waals surface area contributed by atoms with Gasteiger partial charge in [-0.25, -0.2) is 4.98 Å². The van der Waals surface area contributed by atoms with Crippen LogP contribution in [0.1, 0.15) is 0 Å². The lowest BCUT2D eigenvalue weighted by molar-refractivity contribution is -0.118. The molecule has 0 atom stereocenters. The Hall–Kier alpha value is -2.31. The van der Waals surface area contributed by atoms with Gasteiger partial charge in [0.15, 0.2) is 24.1 Å². The highest BCUT2D eigenvalue weighted by atomic mass is 16.5. The summed E-state index contributed by atoms with van der Waals surface area (Å²) < 4.78 is 5.21. The van der Waals surface area contributed by atoms with Crippen LogP contribution in [0, 0.1) is 0 Å². The van der Waals surface area contributed by atoms with Gasteiger partial charge in [0, 0.05) is 6.54 Å². The molecule has 0 radical (unpaired) electrons. The van der Waals surface area contributed by atoms with Crippen LogP contribution in [-0.4, -0.2) is 36.5 Å². The molecule has 2 aliphatic heterocycles. The summed E-state index contributed by atoms with van der Waals surface area (Å²) in [6, 6.07) is 3.54. The molecule has 7 heteroatoms. The zero-order valence-corrected chi connectivity index (χ0v) is 8.99. The minimum Gasteiger partial charge on any atom is -0.480 e. The van der Waals surface area contributed by atoms with Crippen LogP contribution in [-0.2, 0) is 4.79 Å². The summed E-state index contributed by atoms with van der Waals surface area (Å²) in [6.07, 6.45) is 0. The van der Waals surface area contributed by atoms with Crippen molar-refractivity contribution in [3.63, 3.8) is 0 Å². The van der Waals surface area contributed by atoms with Crippen molar-refractivity contribution in [2.24, 2.45) is 4.99 Å². The van der Waals surface area contributed by atoms with E-state index in [1.54, 1.807) is 12.1 Å². The first-order chi connectivity index (χ1) is 8.31. The van der Waals surface area contributed by atoms with E-state index in [1.807, 2.05) is 0 Å². The van der Waals surface area contributed by atoms with Crippen molar-refractivity contribution in [1.29, 1.82) is 0 Å². The first-order valence-corrected chi connectivity index (χ1v) is 5.30. The number of rotatable bonds is 1. The molecular weight excluding hydrogens is 222 g/mol. The standard InChI is InChI=1S/C10H11N5O2/c16-8-5-17-6-1-2-7(13-9(6)15-8)14-10-11-3-4-12-10/h1-2H,3-5H2,(H3,11,12,13,14,15,16). The summed E-state index contributed by atoms with van der Waals surface area (Å²) in [5.74, 6) is 2.13. The molecule has 3 rings (SSSR count). The van der Waals surface area contributed by atoms with Gasteiger partial charge in [0.2, 0.25) is 0 Å². The normalized spacial score (nSPS) is 17.4. The molecule has 0 aromatic carbocycles. The number of hydrogen-bond acceptors (Lipinski definition) is 6. The molecule has 88 valence electrons. The van der Waals surface area contributed by atoms with E-state index in [1.165, 1.54) is 0 Å². The van der Waals surface area contributed by atoms with E-state index in [2.05, 4.69) is 25.9 Å². The second kappa shape index (κ2) is 3.93. The van der Waals surface area contributed by atoms with Crippen molar-refractivity contribution in [3.8, 4) is 5.75 Å². The summed E-state index contributed by atoms with van der Waals surface area (Å²) in [4.78, 5) is 19.6. The molecule has 2 aliphatic rings. The minimum atomic E-state index is -0.196. The number of nitrogens with zero attached hydrogens (tertiary/aromatic N) is 2. The largest absolute Gasteiger partial charge is 0.480 e. The molecule has 3 N–H and O–H groups in total. The van der Waals surface area contributed by atoms with Gasteiger partial charge in [0.1, 0.15) is 5.82 Å². The number of aliphatic imine (C=N–C) groups is 1. The third-order valence-corrected chi connectivity index (χ3v) is 2.40. The van der Waals surface area contributed by atoms with Gasteiger partial charge in [-0.3, -0.25) is 9.79 Å². The van der Waals surface area contributed by atoms with Crippen molar-refractivity contribution in [2.45, 2.75) is 0 Å². The Morgan fingerprint density at radius 2 is 2.35 bits per heavy atom. The number of carbonyl (C=O) groups excluding carboxylic acids is 1. The molecule has 1 aromatic heterocycles. The molecule has 0 spiro atoms. The number of aromatic nitrogens is 1. The number of anilines is 2. The van der Waals surface area contributed by atoms with Crippen molar-refractivity contribution in [2.75, 3.05) is 30.3 Å². The van der Waals surface area contributed by atoms with Crippen LogP contribution >= 0.6 is 0 Å². The van der Waals surface area contributed by atoms with E-state index in [9.17, 15) is 4.79 Å². The van der Waals surface area contributed by atoms with Gasteiger partial charge in [-0.2, -0.15) is 0 Å². The lowest BCUT2D eigenvalue weighted by Crippen LogP contribution is -2.28. The fourth-order valence-corrected chi connectivity index (χ4v) is 1.64. The van der Waals surface area contributed by atoms with Crippen LogP contribution in [0.5, 0.6) is 5.75 Å². The number of fused-ring (bicyclic) bond motifs is 1. The minimum absolute atomic E-state index is 0.0374. The van der Waals surface area contributed by atoms with Crippen molar-refractivity contribution >= 4 is 23.5 Å². The van der Waals surface area contributed by atoms with Crippen molar-refractivity contribution in [1.82, 2.24) is 10.3 Å². The fraction of sp³-hybridized carbons (Fsp3) is 0.300. The number of ether oxygens (including phenoxy) is 1. The van der Waals surface area contributed by atoms with Crippen LogP contribution in [0.2, 0.25) is 0 Å². The highest BCUT2D eigenvalue weighted by Gasteiger charge is 2.17. The Labute approximate surface area is 97.3 Å². The number of carbonyl (C=O) groups is 1. The van der Waals surface area contributed by atoms with Gasteiger partial charge >= 0.3 is 0 Å². The Bertz CT molecular complexity index is 499. The Morgan fingerprint density at radius 1 is 1.41 bits per heavy atom. The second-order valence-electron chi connectivity index (χ2n) is 3.66. The predicted octanol–water partition coefficient (Wildman–Crippen LogP) is -0.216. The second-order valence-corrected chi connectivity index (χ2v) is 3.66. The summed E-state index contributed by atoms with van der Waals surface area (Å²) in [5, 5.41) is 8.75. The summed E-state index contributed by atoms with van der Waals surface area (Å²) in [7, 11) is 0. The first-order valence-electron chi connectivity index (χ1n) is 5.30. The molecule has 17 heavy (non-hydrogen) atoms. The van der Waals surface area contributed by atoms with Crippen LogP contribution in [0.15, 0.2) is 17.1 Å². The van der Waals surface area contributed by atoms with Gasteiger partial charge in [-0.1, -0.05) is 0 Å². The first kappa shape index (κ1) is 9.88. The summed E-state index contributed by atoms with van der Waals surface area (Å²) in [5.41, 5.74) is 0. The molecule has 1 aromatic rings. The van der Waals surface area contributed by atoms with Gasteiger partial charge in [-0.05, 0) is 12.1 Å². The number of amides is 1. The van der Waals surface area contributed by atoms with E-state index in [4.69, 9.17) is 4.74 Å². The van der Waals surface area contributed by atoms with E-state index >= 15 is 0 Å². The van der Waals surface area contributed by atoms with Gasteiger partial charge in [0.25, 0.3) is 5.91 Å². The zero-order chi connectivity index (χ0) is 11.7. The predicted molar refractivity (Wildman–Crippen MR) is 62.3 cm³/mol. The molecule has 1 amide bonds. The molecular formula is C10H11N5O2. The van der Waals surface area contributed by atoms with Gasteiger partial charge in [0.05, 0.1) is 6.54 Å². The monoisotopic (exact) mass is 233 g/mol. The Morgan fingerprint density at radius 3 is 3.18 bits per heavy atom. The zero-order valence-electron chi connectivity index (χ0n) is 8.99. The lowest BCUT2D eigenvalue weighted by Gasteiger charge is -2.17. The Kier molecular flexibility index (Phi) is 2.28. The van der Waals surface area contributed by atoms with Gasteiger partial charge in [-0.15, -0.1) is 0 Å². The molecule has 0 unspecified atom stereocenters. The molecule has 0 saturated heterocycles. The quantitative estimate of drug-likeness (QED) is 0.624. The summed E-state index contributed by atoms with van der Waals surface area (Å²) >= 11 is 0. The van der Waals surface area contributed by atoms with E-state index < -0.39 is 0 Å². The molecule has 3 heterocycles. The van der Waals surface area contributed by atoms with E-state index in [-0.39, 0.29) is 12.5 Å². The average molecular weight is 233 g/mol. The average Bonchev–Trinajstić information content (AvgIpc) is 2.81. The Balaban J connectivity index is 1.82. The number of hydrogen-bond donors (Lipinski definition) is 3. The molecule has 0 bridgehead atoms. The summed E-state index contributed by atoms with van der Waals surface area (Å²) in [6.45, 7) is 1.62. The van der Waals surface area contributed by atoms with Crippen LogP contribution in [0.4, 0.5) is 11.6 Å². The van der Waals surface area contributed by atoms with Gasteiger partial charge < -0.3 is 20.7 Å².